The van der Waals surface area contributed by atoms with Crippen molar-refractivity contribution in [2.75, 3.05) is 18.5 Å². The summed E-state index contributed by atoms with van der Waals surface area (Å²) >= 11 is 0. The van der Waals surface area contributed by atoms with Gasteiger partial charge in [0, 0.05) is 24.5 Å². The summed E-state index contributed by atoms with van der Waals surface area (Å²) in [4.78, 5) is 23.6. The van der Waals surface area contributed by atoms with Gasteiger partial charge in [-0.25, -0.2) is 0 Å². The van der Waals surface area contributed by atoms with E-state index in [1.54, 1.807) is 48.5 Å². The second kappa shape index (κ2) is 8.85. The van der Waals surface area contributed by atoms with Gasteiger partial charge in [0.2, 0.25) is 11.8 Å². The van der Waals surface area contributed by atoms with Crippen molar-refractivity contribution in [3.63, 3.8) is 0 Å². The van der Waals surface area contributed by atoms with Crippen molar-refractivity contribution in [1.29, 1.82) is 0 Å². The van der Waals surface area contributed by atoms with Gasteiger partial charge in [-0.1, -0.05) is 6.07 Å². The van der Waals surface area contributed by atoms with Crippen LogP contribution in [0.25, 0.3) is 0 Å². The Morgan fingerprint density at radius 2 is 1.70 bits per heavy atom. The maximum absolute atomic E-state index is 12.4. The second-order valence-electron chi connectivity index (χ2n) is 6.24. The van der Waals surface area contributed by atoms with Crippen LogP contribution in [0.4, 0.5) is 5.69 Å². The maximum Gasteiger partial charge on any atom is 0.248 e. The van der Waals surface area contributed by atoms with Crippen molar-refractivity contribution in [2.45, 2.75) is 18.4 Å². The van der Waals surface area contributed by atoms with E-state index >= 15 is 0 Å². The summed E-state index contributed by atoms with van der Waals surface area (Å²) in [5, 5.41) is 2.83. The number of nitrogens with one attached hydrogen (secondary N) is 1. The molecule has 0 spiro atoms. The quantitative estimate of drug-likeness (QED) is 0.723. The van der Waals surface area contributed by atoms with Crippen molar-refractivity contribution in [1.82, 2.24) is 0 Å². The standard InChI is InChI=1S/C19H21N3O4.ClH/c20-17(23)13-2-1-3-16(12-13)26-15-6-4-14(5-7-15)22-18(24)19(21)8-10-25-11-9-19;/h1-7,12H,8-11,21H2,(H2,20,23)(H,22,24);1H. The Kier molecular flexibility index (Phi) is 6.79. The molecule has 0 aliphatic carbocycles. The number of benzene rings is 2. The fraction of sp³-hybridized carbons (Fsp3) is 0.263. The number of hydrogen-bond donors (Lipinski definition) is 3. The number of nitrogens with two attached hydrogens (primary N) is 2. The first-order valence-electron chi connectivity index (χ1n) is 8.32. The van der Waals surface area contributed by atoms with Gasteiger partial charge in [-0.2, -0.15) is 0 Å². The average Bonchev–Trinajstić information content (AvgIpc) is 2.64. The summed E-state index contributed by atoms with van der Waals surface area (Å²) in [5.74, 6) is 0.334. The zero-order valence-electron chi connectivity index (χ0n) is 14.6. The summed E-state index contributed by atoms with van der Waals surface area (Å²) in [7, 11) is 0. The molecule has 0 radical (unpaired) electrons. The predicted octanol–water partition coefficient (Wildman–Crippen LogP) is 2.45. The minimum atomic E-state index is -0.900. The van der Waals surface area contributed by atoms with E-state index in [0.29, 0.717) is 48.8 Å². The van der Waals surface area contributed by atoms with Crippen LogP contribution in [0, 0.1) is 0 Å². The molecular formula is C19H22ClN3O4. The van der Waals surface area contributed by atoms with Crippen molar-refractivity contribution >= 4 is 29.9 Å². The van der Waals surface area contributed by atoms with E-state index in [1.165, 1.54) is 0 Å². The van der Waals surface area contributed by atoms with Gasteiger partial charge in [-0.05, 0) is 55.3 Å². The van der Waals surface area contributed by atoms with Crippen LogP contribution < -0.4 is 21.5 Å². The molecule has 2 aromatic carbocycles. The predicted molar refractivity (Wildman–Crippen MR) is 104 cm³/mol. The number of anilines is 1. The Hall–Kier alpha value is -2.61. The van der Waals surface area contributed by atoms with Gasteiger partial charge in [-0.3, -0.25) is 9.59 Å². The minimum Gasteiger partial charge on any atom is -0.457 e. The van der Waals surface area contributed by atoms with Crippen molar-refractivity contribution in [3.8, 4) is 11.5 Å². The maximum atomic E-state index is 12.4. The minimum absolute atomic E-state index is 0. The lowest BCUT2D eigenvalue weighted by Crippen LogP contribution is -2.54. The van der Waals surface area contributed by atoms with Crippen molar-refractivity contribution < 1.29 is 19.1 Å². The van der Waals surface area contributed by atoms with Crippen LogP contribution in [0.5, 0.6) is 11.5 Å². The van der Waals surface area contributed by atoms with Gasteiger partial charge in [0.1, 0.15) is 17.0 Å². The second-order valence-corrected chi connectivity index (χ2v) is 6.24. The first kappa shape index (κ1) is 20.7. The summed E-state index contributed by atoms with van der Waals surface area (Å²) in [6.07, 6.45) is 0.993. The molecule has 3 rings (SSSR count). The molecular weight excluding hydrogens is 370 g/mol. The molecule has 144 valence electrons. The van der Waals surface area contributed by atoms with Crippen LogP contribution in [-0.2, 0) is 9.53 Å². The Bertz CT molecular complexity index is 805. The molecule has 1 heterocycles. The van der Waals surface area contributed by atoms with Gasteiger partial charge in [0.15, 0.2) is 0 Å². The molecule has 8 heteroatoms. The molecule has 1 aliphatic heterocycles. The zero-order chi connectivity index (χ0) is 18.6. The highest BCUT2D eigenvalue weighted by Crippen LogP contribution is 2.25. The Balaban J connectivity index is 0.00000261. The average molecular weight is 392 g/mol. The van der Waals surface area contributed by atoms with Crippen LogP contribution in [0.15, 0.2) is 48.5 Å². The summed E-state index contributed by atoms with van der Waals surface area (Å²) < 4.78 is 11.0. The topological polar surface area (TPSA) is 117 Å². The van der Waals surface area contributed by atoms with Gasteiger partial charge < -0.3 is 26.3 Å². The van der Waals surface area contributed by atoms with Crippen LogP contribution in [-0.4, -0.2) is 30.6 Å². The number of amides is 2. The van der Waals surface area contributed by atoms with E-state index in [-0.39, 0.29) is 18.3 Å². The molecule has 2 aromatic rings. The smallest absolute Gasteiger partial charge is 0.248 e. The molecule has 7 nitrogen and oxygen atoms in total. The van der Waals surface area contributed by atoms with Crippen LogP contribution in [0.2, 0.25) is 0 Å². The lowest BCUT2D eigenvalue weighted by molar-refractivity contribution is -0.124. The normalized spacial score (nSPS) is 15.3. The first-order chi connectivity index (χ1) is 12.5. The first-order valence-corrected chi connectivity index (χ1v) is 8.32. The van der Waals surface area contributed by atoms with Crippen molar-refractivity contribution in [3.05, 3.63) is 54.1 Å². The number of rotatable bonds is 5. The van der Waals surface area contributed by atoms with E-state index in [2.05, 4.69) is 5.32 Å². The lowest BCUT2D eigenvalue weighted by atomic mass is 9.90. The molecule has 27 heavy (non-hydrogen) atoms. The highest BCUT2D eigenvalue weighted by atomic mass is 35.5. The molecule has 0 saturated carbocycles. The SMILES string of the molecule is Cl.NC(=O)c1cccc(Oc2ccc(NC(=O)C3(N)CCOCC3)cc2)c1. The molecule has 1 saturated heterocycles. The summed E-state index contributed by atoms with van der Waals surface area (Å²) in [5.41, 5.74) is 11.5. The number of carbonyl (C=O) groups excluding carboxylic acids is 2. The van der Waals surface area contributed by atoms with Gasteiger partial charge >= 0.3 is 0 Å². The van der Waals surface area contributed by atoms with Gasteiger partial charge in [-0.15, -0.1) is 12.4 Å². The molecule has 0 unspecified atom stereocenters. The molecule has 0 atom stereocenters. The largest absolute Gasteiger partial charge is 0.457 e. The fourth-order valence-corrected chi connectivity index (χ4v) is 2.67. The summed E-state index contributed by atoms with van der Waals surface area (Å²) in [6, 6.07) is 13.5. The van der Waals surface area contributed by atoms with Crippen LogP contribution in [0.3, 0.4) is 0 Å². The molecule has 1 fully saturated rings. The van der Waals surface area contributed by atoms with Crippen LogP contribution >= 0.6 is 12.4 Å². The third-order valence-corrected chi connectivity index (χ3v) is 4.30. The molecule has 2 amide bonds. The van der Waals surface area contributed by atoms with Gasteiger partial charge in [0.25, 0.3) is 0 Å². The highest BCUT2D eigenvalue weighted by Gasteiger charge is 2.35. The van der Waals surface area contributed by atoms with Gasteiger partial charge in [0.05, 0.1) is 0 Å². The third kappa shape index (κ3) is 5.19. The Morgan fingerprint density at radius 1 is 1.04 bits per heavy atom. The van der Waals surface area contributed by atoms with E-state index in [9.17, 15) is 9.59 Å². The monoisotopic (exact) mass is 391 g/mol. The Morgan fingerprint density at radius 3 is 2.33 bits per heavy atom. The number of carbonyl (C=O) groups is 2. The van der Waals surface area contributed by atoms with E-state index < -0.39 is 11.4 Å². The number of hydrogen-bond acceptors (Lipinski definition) is 5. The number of primary amides is 1. The molecule has 5 N–H and O–H groups in total. The van der Waals surface area contributed by atoms with Crippen LogP contribution in [0.1, 0.15) is 23.2 Å². The zero-order valence-corrected chi connectivity index (χ0v) is 15.5. The third-order valence-electron chi connectivity index (χ3n) is 4.30. The highest BCUT2D eigenvalue weighted by molar-refractivity contribution is 5.98. The lowest BCUT2D eigenvalue weighted by Gasteiger charge is -2.31. The Labute approximate surface area is 163 Å². The number of ether oxygens (including phenoxy) is 2. The van der Waals surface area contributed by atoms with E-state index in [0.717, 1.165) is 0 Å². The van der Waals surface area contributed by atoms with E-state index in [4.69, 9.17) is 20.9 Å². The van der Waals surface area contributed by atoms with E-state index in [1.807, 2.05) is 0 Å². The molecule has 0 aromatic heterocycles. The summed E-state index contributed by atoms with van der Waals surface area (Å²) in [6.45, 7) is 0.974. The van der Waals surface area contributed by atoms with Crippen molar-refractivity contribution in [2.24, 2.45) is 11.5 Å². The molecule has 1 aliphatic rings. The number of halogens is 1. The fourth-order valence-electron chi connectivity index (χ4n) is 2.67. The molecule has 0 bridgehead atoms.